The molecule has 1 aliphatic heterocycles. The number of rotatable bonds is 5. The first-order valence-corrected chi connectivity index (χ1v) is 13.0. The molecule has 1 aliphatic rings. The van der Waals surface area contributed by atoms with Crippen molar-refractivity contribution in [2.24, 2.45) is 0 Å². The third-order valence-corrected chi connectivity index (χ3v) is 7.11. The molecule has 0 saturated heterocycles. The fourth-order valence-electron chi connectivity index (χ4n) is 5.15. The van der Waals surface area contributed by atoms with Crippen LogP contribution in [-0.4, -0.2) is 21.5 Å². The van der Waals surface area contributed by atoms with Crippen molar-refractivity contribution in [3.8, 4) is 17.3 Å². The normalized spacial score (nSPS) is 12.7. The maximum atomic E-state index is 6.32. The zero-order valence-electron chi connectivity index (χ0n) is 22.3. The van der Waals surface area contributed by atoms with Crippen molar-refractivity contribution in [3.05, 3.63) is 115 Å². The summed E-state index contributed by atoms with van der Waals surface area (Å²) >= 11 is 0. The number of pyridine rings is 1. The number of fused-ring (bicyclic) bond motifs is 4. The summed E-state index contributed by atoms with van der Waals surface area (Å²) in [6.45, 7) is 4.39. The summed E-state index contributed by atoms with van der Waals surface area (Å²) in [6, 6.07) is 37.5. The zero-order chi connectivity index (χ0) is 26.5. The molecule has 202 valence electrons. The summed E-state index contributed by atoms with van der Waals surface area (Å²) in [5, 5.41) is 5.99. The van der Waals surface area contributed by atoms with E-state index in [0.29, 0.717) is 17.4 Å². The first-order valence-electron chi connectivity index (χ1n) is 13.0. The molecule has 4 aromatic carbocycles. The van der Waals surface area contributed by atoms with Gasteiger partial charge in [-0.2, -0.15) is 17.1 Å². The van der Waals surface area contributed by atoms with E-state index in [4.69, 9.17) is 9.72 Å². The van der Waals surface area contributed by atoms with Gasteiger partial charge in [-0.15, -0.1) is 45.8 Å². The minimum atomic E-state index is 0. The number of hydroxylamine groups is 1. The van der Waals surface area contributed by atoms with E-state index in [0.717, 1.165) is 44.7 Å². The molecule has 0 aliphatic carbocycles. The van der Waals surface area contributed by atoms with E-state index in [1.54, 1.807) is 0 Å². The SMILES string of the molecule is CC(C)c1ccnc(-n2c3[c-]c(Oc4[c-]c(N5[OH+]N(C)c6ccccc65)ccc4)ccc3c3ccccc32)c1.[Pt]. The topological polar surface area (TPSA) is 46.3 Å². The van der Waals surface area contributed by atoms with Crippen molar-refractivity contribution in [2.75, 3.05) is 17.2 Å². The number of para-hydroxylation sites is 3. The van der Waals surface area contributed by atoms with Crippen LogP contribution in [0.5, 0.6) is 11.5 Å². The van der Waals surface area contributed by atoms with Crippen LogP contribution >= 0.6 is 0 Å². The van der Waals surface area contributed by atoms with Crippen LogP contribution in [0, 0.1) is 12.1 Å². The van der Waals surface area contributed by atoms with Crippen LogP contribution < -0.4 is 14.9 Å². The average Bonchev–Trinajstić information content (AvgIpc) is 3.48. The molecule has 7 heteroatoms. The quantitative estimate of drug-likeness (QED) is 0.134. The molecule has 0 saturated carbocycles. The van der Waals surface area contributed by atoms with Gasteiger partial charge in [0.25, 0.3) is 0 Å². The fourth-order valence-corrected chi connectivity index (χ4v) is 5.15. The maximum absolute atomic E-state index is 6.32. The molecule has 2 aromatic heterocycles. The minimum Gasteiger partial charge on any atom is -0.509 e. The second-order valence-corrected chi connectivity index (χ2v) is 9.96. The molecule has 0 spiro atoms. The number of hydrogen-bond acceptors (Lipinski definition) is 4. The van der Waals surface area contributed by atoms with Crippen LogP contribution in [0.25, 0.3) is 27.6 Å². The van der Waals surface area contributed by atoms with Crippen molar-refractivity contribution in [1.82, 2.24) is 9.55 Å². The molecule has 1 N–H and O–H groups in total. The van der Waals surface area contributed by atoms with Crippen LogP contribution in [0.3, 0.4) is 0 Å². The molecule has 0 bridgehead atoms. The van der Waals surface area contributed by atoms with Crippen molar-refractivity contribution >= 4 is 38.9 Å². The van der Waals surface area contributed by atoms with E-state index in [2.05, 4.69) is 78.0 Å². The minimum absolute atomic E-state index is 0. The molecular weight excluding hydrogens is 679 g/mol. The predicted octanol–water partition coefficient (Wildman–Crippen LogP) is 8.12. The summed E-state index contributed by atoms with van der Waals surface area (Å²) in [5.41, 5.74) is 6.09. The molecule has 0 atom stereocenters. The first kappa shape index (κ1) is 26.1. The first-order chi connectivity index (χ1) is 19.1. The van der Waals surface area contributed by atoms with Gasteiger partial charge in [-0.05, 0) is 47.2 Å². The van der Waals surface area contributed by atoms with Crippen molar-refractivity contribution in [3.63, 3.8) is 0 Å². The largest absolute Gasteiger partial charge is 0.509 e. The van der Waals surface area contributed by atoms with Gasteiger partial charge in [0.05, 0.1) is 7.05 Å². The molecular formula is C33H27N4O2Pt-. The molecule has 0 radical (unpaired) electrons. The number of benzene rings is 4. The van der Waals surface area contributed by atoms with E-state index >= 15 is 0 Å². The van der Waals surface area contributed by atoms with Gasteiger partial charge in [0, 0.05) is 50.0 Å². The Morgan fingerprint density at radius 1 is 0.800 bits per heavy atom. The number of anilines is 3. The molecule has 0 unspecified atom stereocenters. The summed E-state index contributed by atoms with van der Waals surface area (Å²) in [6.07, 6.45) is 1.88. The van der Waals surface area contributed by atoms with Crippen LogP contribution in [0.15, 0.2) is 97.2 Å². The Hall–Kier alpha value is -4.12. The summed E-state index contributed by atoms with van der Waals surface area (Å²) in [7, 11) is 1.94. The van der Waals surface area contributed by atoms with Gasteiger partial charge in [-0.25, -0.2) is 4.98 Å². The van der Waals surface area contributed by atoms with Crippen LogP contribution in [0.4, 0.5) is 17.1 Å². The molecule has 0 amide bonds. The Morgan fingerprint density at radius 2 is 1.57 bits per heavy atom. The Bertz CT molecular complexity index is 1850. The van der Waals surface area contributed by atoms with Gasteiger partial charge in [0.15, 0.2) is 0 Å². The summed E-state index contributed by atoms with van der Waals surface area (Å²) < 4.78 is 8.49. The smallest absolute Gasteiger partial charge is 0.145 e. The Balaban J connectivity index is 0.00000289. The van der Waals surface area contributed by atoms with Gasteiger partial charge in [-0.1, -0.05) is 49.7 Å². The average molecular weight is 707 g/mol. The fraction of sp³-hybridized carbons (Fsp3) is 0.121. The number of ether oxygens (including phenoxy) is 1. The number of hydrogen-bond donors (Lipinski definition) is 0. The molecule has 3 heterocycles. The van der Waals surface area contributed by atoms with Crippen molar-refractivity contribution < 1.29 is 30.7 Å². The van der Waals surface area contributed by atoms with Gasteiger partial charge >= 0.3 is 0 Å². The molecule has 6 aromatic rings. The van der Waals surface area contributed by atoms with Crippen LogP contribution in [0.2, 0.25) is 0 Å². The van der Waals surface area contributed by atoms with Crippen LogP contribution in [0.1, 0.15) is 25.3 Å². The van der Waals surface area contributed by atoms with Crippen molar-refractivity contribution in [1.29, 1.82) is 0 Å². The van der Waals surface area contributed by atoms with Crippen LogP contribution in [-0.2, 0) is 21.1 Å². The Kier molecular flexibility index (Phi) is 6.83. The molecule has 40 heavy (non-hydrogen) atoms. The summed E-state index contributed by atoms with van der Waals surface area (Å²) in [5.74, 6) is 2.47. The predicted molar refractivity (Wildman–Crippen MR) is 156 cm³/mol. The monoisotopic (exact) mass is 706 g/mol. The van der Waals surface area contributed by atoms with E-state index in [1.165, 1.54) is 5.56 Å². The van der Waals surface area contributed by atoms with Gasteiger partial charge in [0.2, 0.25) is 0 Å². The molecule has 7 rings (SSSR count). The van der Waals surface area contributed by atoms with Gasteiger partial charge in [0.1, 0.15) is 17.2 Å². The van der Waals surface area contributed by atoms with E-state index in [-0.39, 0.29) is 21.1 Å². The molecule has 0 fully saturated rings. The Labute approximate surface area is 247 Å². The van der Waals surface area contributed by atoms with Gasteiger partial charge < -0.3 is 9.30 Å². The van der Waals surface area contributed by atoms with E-state index in [1.807, 2.05) is 71.9 Å². The Morgan fingerprint density at radius 3 is 2.42 bits per heavy atom. The van der Waals surface area contributed by atoms with Gasteiger partial charge in [-0.3, -0.25) is 0 Å². The third-order valence-electron chi connectivity index (χ3n) is 7.11. The summed E-state index contributed by atoms with van der Waals surface area (Å²) in [4.78, 5) is 9.40. The third kappa shape index (κ3) is 4.43. The number of aromatic nitrogens is 2. The second kappa shape index (κ2) is 10.5. The molecule has 6 nitrogen and oxygen atoms in total. The number of nitrogens with zero attached hydrogens (tertiary/aromatic N) is 4. The van der Waals surface area contributed by atoms with E-state index < -0.39 is 0 Å². The maximum Gasteiger partial charge on any atom is 0.145 e. The van der Waals surface area contributed by atoms with E-state index in [9.17, 15) is 0 Å². The standard InChI is InChI=1S/C33H26N4O2.Pt/c1-22(2)23-17-18-34-33(19-23)36-29-12-5-4-11-27(29)28-16-15-26(21-32(28)36)38-25-10-8-9-24(20-25)37-31-14-7-6-13-30(31)35(3)39-37;/h4-19,22H,1-3H3;/q-2;/p+1. The zero-order valence-corrected chi connectivity index (χ0v) is 24.5. The van der Waals surface area contributed by atoms with Crippen molar-refractivity contribution in [2.45, 2.75) is 19.8 Å². The second-order valence-electron chi connectivity index (χ2n) is 9.96.